The number of sulfonamides is 1. The summed E-state index contributed by atoms with van der Waals surface area (Å²) in [4.78, 5) is 15.2. The third-order valence-electron chi connectivity index (χ3n) is 5.27. The van der Waals surface area contributed by atoms with Gasteiger partial charge in [0, 0.05) is 30.7 Å². The van der Waals surface area contributed by atoms with E-state index >= 15 is 0 Å². The van der Waals surface area contributed by atoms with Crippen LogP contribution in [0.4, 0.5) is 0 Å². The molecule has 1 fully saturated rings. The van der Waals surface area contributed by atoms with E-state index in [0.29, 0.717) is 12.1 Å². The highest BCUT2D eigenvalue weighted by Crippen LogP contribution is 2.19. The third kappa shape index (κ3) is 6.14. The second-order valence-corrected chi connectivity index (χ2v) is 9.83. The lowest BCUT2D eigenvalue weighted by Gasteiger charge is -2.36. The molecule has 0 saturated carbocycles. The molecule has 2 aromatic carbocycles. The predicted molar refractivity (Wildman–Crippen MR) is 119 cm³/mol. The van der Waals surface area contributed by atoms with Gasteiger partial charge in [-0.15, -0.1) is 0 Å². The van der Waals surface area contributed by atoms with Gasteiger partial charge in [-0.2, -0.15) is 0 Å². The van der Waals surface area contributed by atoms with Gasteiger partial charge >= 0.3 is 0 Å². The van der Waals surface area contributed by atoms with Crippen LogP contribution in [0.15, 0.2) is 59.5 Å². The number of likely N-dealkylation sites (tertiary alicyclic amines) is 1. The fourth-order valence-electron chi connectivity index (χ4n) is 3.81. The van der Waals surface area contributed by atoms with Crippen molar-refractivity contribution >= 4 is 15.9 Å². The Morgan fingerprint density at radius 3 is 2.60 bits per heavy atom. The fraction of sp³-hybridized carbons (Fsp3) is 0.435. The average molecular weight is 430 g/mol. The molecular formula is C23H31N3O3S. The second-order valence-electron chi connectivity index (χ2n) is 8.12. The van der Waals surface area contributed by atoms with Gasteiger partial charge in [-0.05, 0) is 57.0 Å². The van der Waals surface area contributed by atoms with Crippen molar-refractivity contribution in [1.29, 1.82) is 0 Å². The van der Waals surface area contributed by atoms with Crippen LogP contribution in [0.1, 0.15) is 49.0 Å². The van der Waals surface area contributed by atoms with Crippen LogP contribution in [-0.4, -0.2) is 44.4 Å². The topological polar surface area (TPSA) is 78.5 Å². The van der Waals surface area contributed by atoms with Gasteiger partial charge in [0.25, 0.3) is 5.91 Å². The molecule has 30 heavy (non-hydrogen) atoms. The second kappa shape index (κ2) is 10.2. The number of carbonyl (C=O) groups is 1. The van der Waals surface area contributed by atoms with Gasteiger partial charge in [0.2, 0.25) is 10.0 Å². The largest absolute Gasteiger partial charge is 0.350 e. The molecule has 0 aromatic heterocycles. The van der Waals surface area contributed by atoms with Crippen molar-refractivity contribution in [2.45, 2.75) is 56.6 Å². The molecule has 1 heterocycles. The summed E-state index contributed by atoms with van der Waals surface area (Å²) in [5.41, 5.74) is 1.62. The monoisotopic (exact) mass is 429 g/mol. The van der Waals surface area contributed by atoms with Gasteiger partial charge in [-0.25, -0.2) is 13.1 Å². The molecule has 0 radical (unpaired) electrons. The molecule has 162 valence electrons. The molecule has 1 saturated heterocycles. The van der Waals surface area contributed by atoms with E-state index in [1.165, 1.54) is 24.1 Å². The fourth-order valence-corrected chi connectivity index (χ4v) is 5.11. The molecule has 1 aliphatic rings. The zero-order chi connectivity index (χ0) is 21.6. The van der Waals surface area contributed by atoms with Crippen LogP contribution in [0.25, 0.3) is 0 Å². The van der Waals surface area contributed by atoms with E-state index in [4.69, 9.17) is 0 Å². The lowest BCUT2D eigenvalue weighted by Crippen LogP contribution is -2.46. The first-order chi connectivity index (χ1) is 14.3. The van der Waals surface area contributed by atoms with Gasteiger partial charge in [-0.3, -0.25) is 9.69 Å². The first-order valence-corrected chi connectivity index (χ1v) is 12.0. The van der Waals surface area contributed by atoms with Crippen LogP contribution in [0.2, 0.25) is 0 Å². The number of piperidine rings is 1. The molecule has 3 rings (SSSR count). The van der Waals surface area contributed by atoms with Gasteiger partial charge in [0.15, 0.2) is 0 Å². The summed E-state index contributed by atoms with van der Waals surface area (Å²) in [6, 6.07) is 16.6. The maximum absolute atomic E-state index is 12.7. The van der Waals surface area contributed by atoms with Crippen molar-refractivity contribution in [2.75, 3.05) is 13.1 Å². The Hall–Kier alpha value is -2.22. The Bertz CT molecular complexity index is 945. The molecule has 1 atom stereocenters. The molecule has 1 unspecified atom stereocenters. The van der Waals surface area contributed by atoms with Crippen molar-refractivity contribution in [3.05, 3.63) is 65.7 Å². The Morgan fingerprint density at radius 1 is 1.10 bits per heavy atom. The predicted octanol–water partition coefficient (Wildman–Crippen LogP) is 3.16. The summed E-state index contributed by atoms with van der Waals surface area (Å²) >= 11 is 0. The van der Waals surface area contributed by atoms with Gasteiger partial charge in [0.05, 0.1) is 4.90 Å². The normalized spacial score (nSPS) is 17.8. The summed E-state index contributed by atoms with van der Waals surface area (Å²) in [5.74, 6) is -0.248. The Balaban J connectivity index is 1.63. The van der Waals surface area contributed by atoms with E-state index in [2.05, 4.69) is 27.1 Å². The summed E-state index contributed by atoms with van der Waals surface area (Å²) in [6.45, 7) is 5.96. The highest BCUT2D eigenvalue weighted by atomic mass is 32.2. The van der Waals surface area contributed by atoms with E-state index in [0.717, 1.165) is 25.9 Å². The summed E-state index contributed by atoms with van der Waals surface area (Å²) in [6.07, 6.45) is 3.36. The Morgan fingerprint density at radius 2 is 1.87 bits per heavy atom. The van der Waals surface area contributed by atoms with E-state index in [1.807, 2.05) is 18.2 Å². The van der Waals surface area contributed by atoms with E-state index in [9.17, 15) is 13.2 Å². The van der Waals surface area contributed by atoms with Crippen LogP contribution in [0.5, 0.6) is 0 Å². The standard InChI is InChI=1S/C23H31N3O3S/c1-18(2)25-30(28,29)22-13-8-11-20(15-22)23(27)24-16-21-12-6-7-14-26(21)17-19-9-4-3-5-10-19/h3-5,8-11,13,15,18,21,25H,6-7,12,14,16-17H2,1-2H3,(H,24,27). The van der Waals surface area contributed by atoms with Gasteiger partial charge in [-0.1, -0.05) is 42.8 Å². The summed E-state index contributed by atoms with van der Waals surface area (Å²) < 4.78 is 27.3. The van der Waals surface area contributed by atoms with Crippen molar-refractivity contribution < 1.29 is 13.2 Å². The molecule has 6 nitrogen and oxygen atoms in total. The van der Waals surface area contributed by atoms with Crippen molar-refractivity contribution in [3.8, 4) is 0 Å². The molecule has 7 heteroatoms. The van der Waals surface area contributed by atoms with E-state index < -0.39 is 10.0 Å². The molecule has 1 aliphatic heterocycles. The maximum Gasteiger partial charge on any atom is 0.251 e. The van der Waals surface area contributed by atoms with Gasteiger partial charge < -0.3 is 5.32 Å². The zero-order valence-corrected chi connectivity index (χ0v) is 18.5. The summed E-state index contributed by atoms with van der Waals surface area (Å²) in [7, 11) is -3.63. The highest BCUT2D eigenvalue weighted by Gasteiger charge is 2.23. The van der Waals surface area contributed by atoms with Crippen molar-refractivity contribution in [1.82, 2.24) is 14.9 Å². The first-order valence-electron chi connectivity index (χ1n) is 10.5. The first kappa shape index (κ1) is 22.5. The number of nitrogens with zero attached hydrogens (tertiary/aromatic N) is 1. The number of benzene rings is 2. The van der Waals surface area contributed by atoms with Crippen molar-refractivity contribution in [2.24, 2.45) is 0 Å². The molecule has 1 amide bonds. The van der Waals surface area contributed by atoms with Crippen LogP contribution in [-0.2, 0) is 16.6 Å². The number of rotatable bonds is 8. The Labute approximate surface area is 179 Å². The molecule has 0 aliphatic carbocycles. The molecule has 2 N–H and O–H groups in total. The van der Waals surface area contributed by atoms with Crippen molar-refractivity contribution in [3.63, 3.8) is 0 Å². The zero-order valence-electron chi connectivity index (χ0n) is 17.7. The third-order valence-corrected chi connectivity index (χ3v) is 6.93. The van der Waals surface area contributed by atoms with E-state index in [-0.39, 0.29) is 22.9 Å². The molecule has 0 spiro atoms. The minimum Gasteiger partial charge on any atom is -0.350 e. The SMILES string of the molecule is CC(C)NS(=O)(=O)c1cccc(C(=O)NCC2CCCCN2Cc2ccccc2)c1. The Kier molecular flexibility index (Phi) is 7.64. The lowest BCUT2D eigenvalue weighted by atomic mass is 10.0. The van der Waals surface area contributed by atoms with Crippen LogP contribution >= 0.6 is 0 Å². The highest BCUT2D eigenvalue weighted by molar-refractivity contribution is 7.89. The quantitative estimate of drug-likeness (QED) is 0.676. The number of hydrogen-bond acceptors (Lipinski definition) is 4. The number of hydrogen-bond donors (Lipinski definition) is 2. The molecular weight excluding hydrogens is 398 g/mol. The summed E-state index contributed by atoms with van der Waals surface area (Å²) in [5, 5.41) is 3.01. The van der Waals surface area contributed by atoms with E-state index in [1.54, 1.807) is 26.0 Å². The molecule has 0 bridgehead atoms. The minimum absolute atomic E-state index is 0.104. The smallest absolute Gasteiger partial charge is 0.251 e. The molecule has 2 aromatic rings. The maximum atomic E-state index is 12.7. The van der Waals surface area contributed by atoms with Crippen LogP contribution in [0.3, 0.4) is 0 Å². The van der Waals surface area contributed by atoms with Crippen LogP contribution < -0.4 is 10.0 Å². The average Bonchev–Trinajstić information content (AvgIpc) is 2.73. The number of carbonyl (C=O) groups excluding carboxylic acids is 1. The lowest BCUT2D eigenvalue weighted by molar-refractivity contribution is 0.0907. The number of amides is 1. The van der Waals surface area contributed by atoms with Gasteiger partial charge in [0.1, 0.15) is 0 Å². The minimum atomic E-state index is -3.63. The number of nitrogens with one attached hydrogen (secondary N) is 2. The van der Waals surface area contributed by atoms with Crippen LogP contribution in [0, 0.1) is 0 Å².